The fourth-order valence-corrected chi connectivity index (χ4v) is 0.315. The van der Waals surface area contributed by atoms with Gasteiger partial charge in [0.1, 0.15) is 6.67 Å². The van der Waals surface area contributed by atoms with Gasteiger partial charge in [-0.05, 0) is 6.92 Å². The fraction of sp³-hybridized carbons (Fsp3) is 0.714. The van der Waals surface area contributed by atoms with Gasteiger partial charge in [-0.3, -0.25) is 0 Å². The van der Waals surface area contributed by atoms with Crippen LogP contribution < -0.4 is 0 Å². The second-order valence-electron chi connectivity index (χ2n) is 1.73. The first-order valence-corrected chi connectivity index (χ1v) is 2.85. The Morgan fingerprint density at radius 1 is 1.62 bits per heavy atom. The van der Waals surface area contributed by atoms with E-state index in [-0.39, 0.29) is 12.6 Å². The van der Waals surface area contributed by atoms with E-state index in [0.717, 1.165) is 6.42 Å². The number of hydrogen-bond donors (Lipinski definition) is 0. The van der Waals surface area contributed by atoms with Gasteiger partial charge >= 0.3 is 0 Å². The Kier molecular flexibility index (Phi) is 4.35. The molecule has 1 atom stereocenters. The van der Waals surface area contributed by atoms with E-state index in [1.54, 1.807) is 6.92 Å². The molecule has 0 amide bonds. The van der Waals surface area contributed by atoms with Crippen LogP contribution in [-0.2, 0) is 0 Å². The summed E-state index contributed by atoms with van der Waals surface area (Å²) < 4.78 is 11.6. The lowest BCUT2D eigenvalue weighted by Gasteiger charge is -1.89. The zero-order valence-electron chi connectivity index (χ0n) is 5.37. The summed E-state index contributed by atoms with van der Waals surface area (Å²) in [6.45, 7) is 3.41. The van der Waals surface area contributed by atoms with Crippen LogP contribution in [0.25, 0.3) is 0 Å². The van der Waals surface area contributed by atoms with Gasteiger partial charge in [-0.15, -0.1) is 5.92 Å². The van der Waals surface area contributed by atoms with Crippen LogP contribution >= 0.6 is 0 Å². The Bertz CT molecular complexity index is 96.7. The predicted octanol–water partition coefficient (Wildman–Crippen LogP) is 2.01. The summed E-state index contributed by atoms with van der Waals surface area (Å²) in [6, 6.07) is 0. The molecule has 46 valence electrons. The van der Waals surface area contributed by atoms with Crippen LogP contribution in [0.2, 0.25) is 0 Å². The molecule has 0 bridgehead atoms. The van der Waals surface area contributed by atoms with Crippen LogP contribution in [0.5, 0.6) is 0 Å². The quantitative estimate of drug-likeness (QED) is 0.457. The minimum atomic E-state index is -0.326. The van der Waals surface area contributed by atoms with Crippen LogP contribution in [0.15, 0.2) is 0 Å². The number of alkyl halides is 1. The van der Waals surface area contributed by atoms with Gasteiger partial charge in [0, 0.05) is 12.3 Å². The van der Waals surface area contributed by atoms with E-state index in [2.05, 4.69) is 11.8 Å². The summed E-state index contributed by atoms with van der Waals surface area (Å²) in [6.07, 6.45) is 0.824. The lowest BCUT2D eigenvalue weighted by molar-refractivity contribution is 0.438. The molecular weight excluding hydrogens is 103 g/mol. The average Bonchev–Trinajstić information content (AvgIpc) is 1.83. The van der Waals surface area contributed by atoms with Crippen LogP contribution in [-0.4, -0.2) is 6.67 Å². The molecule has 0 aliphatic carbocycles. The van der Waals surface area contributed by atoms with Crippen LogP contribution in [0.1, 0.15) is 20.3 Å². The van der Waals surface area contributed by atoms with Gasteiger partial charge in [0.2, 0.25) is 0 Å². The first kappa shape index (κ1) is 7.49. The van der Waals surface area contributed by atoms with Crippen molar-refractivity contribution >= 4 is 0 Å². The molecule has 0 saturated heterocycles. The maximum atomic E-state index is 11.6. The molecule has 8 heavy (non-hydrogen) atoms. The summed E-state index contributed by atoms with van der Waals surface area (Å²) in [5, 5.41) is 0. The van der Waals surface area contributed by atoms with E-state index in [9.17, 15) is 4.39 Å². The molecule has 0 heterocycles. The minimum Gasteiger partial charge on any atom is -0.250 e. The van der Waals surface area contributed by atoms with E-state index in [4.69, 9.17) is 0 Å². The largest absolute Gasteiger partial charge is 0.250 e. The number of halogens is 1. The van der Waals surface area contributed by atoms with E-state index in [1.165, 1.54) is 0 Å². The van der Waals surface area contributed by atoms with Crippen molar-refractivity contribution in [2.24, 2.45) is 5.92 Å². The van der Waals surface area contributed by atoms with E-state index < -0.39 is 0 Å². The Balaban J connectivity index is 3.35. The van der Waals surface area contributed by atoms with Crippen molar-refractivity contribution in [1.82, 2.24) is 0 Å². The maximum Gasteiger partial charge on any atom is 0.103 e. The number of hydrogen-bond acceptors (Lipinski definition) is 0. The normalized spacial score (nSPS) is 11.9. The summed E-state index contributed by atoms with van der Waals surface area (Å²) in [7, 11) is 0. The van der Waals surface area contributed by atoms with Gasteiger partial charge in [0.05, 0.1) is 0 Å². The van der Waals surface area contributed by atoms with Crippen molar-refractivity contribution in [3.63, 3.8) is 0 Å². The zero-order valence-corrected chi connectivity index (χ0v) is 5.37. The van der Waals surface area contributed by atoms with Gasteiger partial charge in [-0.1, -0.05) is 12.8 Å². The topological polar surface area (TPSA) is 0 Å². The van der Waals surface area contributed by atoms with Crippen LogP contribution in [0.3, 0.4) is 0 Å². The first-order chi connectivity index (χ1) is 3.81. The second kappa shape index (κ2) is 4.64. The van der Waals surface area contributed by atoms with Crippen molar-refractivity contribution in [3.8, 4) is 11.8 Å². The van der Waals surface area contributed by atoms with E-state index in [0.29, 0.717) is 0 Å². The summed E-state index contributed by atoms with van der Waals surface area (Å²) in [5.41, 5.74) is 0. The molecule has 0 aliphatic heterocycles. The highest BCUT2D eigenvalue weighted by molar-refractivity contribution is 5.01. The lowest BCUT2D eigenvalue weighted by Crippen LogP contribution is -1.90. The highest BCUT2D eigenvalue weighted by Gasteiger charge is 1.90. The lowest BCUT2D eigenvalue weighted by atomic mass is 10.2. The maximum absolute atomic E-state index is 11.6. The molecule has 0 aromatic rings. The second-order valence-corrected chi connectivity index (χ2v) is 1.73. The van der Waals surface area contributed by atoms with E-state index >= 15 is 0 Å². The SMILES string of the molecule is CCC#CC(C)CF. The van der Waals surface area contributed by atoms with Crippen LogP contribution in [0.4, 0.5) is 4.39 Å². The fourth-order valence-electron chi connectivity index (χ4n) is 0.315. The molecule has 0 saturated carbocycles. The highest BCUT2D eigenvalue weighted by atomic mass is 19.1. The highest BCUT2D eigenvalue weighted by Crippen LogP contribution is 1.90. The van der Waals surface area contributed by atoms with Gasteiger partial charge < -0.3 is 0 Å². The molecule has 0 spiro atoms. The molecule has 0 fully saturated rings. The Hall–Kier alpha value is -0.510. The molecule has 0 radical (unpaired) electrons. The van der Waals surface area contributed by atoms with Gasteiger partial charge in [-0.25, -0.2) is 4.39 Å². The van der Waals surface area contributed by atoms with Gasteiger partial charge in [0.25, 0.3) is 0 Å². The number of rotatable bonds is 1. The molecule has 0 nitrogen and oxygen atoms in total. The molecule has 0 aromatic heterocycles. The molecule has 1 heteroatoms. The van der Waals surface area contributed by atoms with Gasteiger partial charge in [-0.2, -0.15) is 0 Å². The Morgan fingerprint density at radius 3 is 2.62 bits per heavy atom. The van der Waals surface area contributed by atoms with Crippen molar-refractivity contribution in [2.45, 2.75) is 20.3 Å². The third-order valence-electron chi connectivity index (χ3n) is 0.757. The third kappa shape index (κ3) is 3.67. The summed E-state index contributed by atoms with van der Waals surface area (Å²) >= 11 is 0. The van der Waals surface area contributed by atoms with E-state index in [1.807, 2.05) is 6.92 Å². The van der Waals surface area contributed by atoms with Crippen molar-refractivity contribution in [2.75, 3.05) is 6.67 Å². The van der Waals surface area contributed by atoms with Gasteiger partial charge in [0.15, 0.2) is 0 Å². The third-order valence-corrected chi connectivity index (χ3v) is 0.757. The monoisotopic (exact) mass is 114 g/mol. The Labute approximate surface area is 50.1 Å². The minimum absolute atomic E-state index is 0.0741. The summed E-state index contributed by atoms with van der Waals surface area (Å²) in [5.74, 6) is 5.49. The Morgan fingerprint density at radius 2 is 2.25 bits per heavy atom. The zero-order chi connectivity index (χ0) is 6.41. The molecule has 0 rings (SSSR count). The molecular formula is C7H11F. The standard InChI is InChI=1S/C7H11F/c1-3-4-5-7(2)6-8/h7H,3,6H2,1-2H3. The predicted molar refractivity (Wildman–Crippen MR) is 33.2 cm³/mol. The molecule has 0 N–H and O–H groups in total. The van der Waals surface area contributed by atoms with Crippen molar-refractivity contribution in [3.05, 3.63) is 0 Å². The molecule has 0 aromatic carbocycles. The van der Waals surface area contributed by atoms with Crippen molar-refractivity contribution < 1.29 is 4.39 Å². The summed E-state index contributed by atoms with van der Waals surface area (Å²) in [4.78, 5) is 0. The van der Waals surface area contributed by atoms with Crippen LogP contribution in [0, 0.1) is 17.8 Å². The molecule has 1 unspecified atom stereocenters. The molecule has 0 aliphatic rings. The average molecular weight is 114 g/mol. The van der Waals surface area contributed by atoms with Crippen molar-refractivity contribution in [1.29, 1.82) is 0 Å². The first-order valence-electron chi connectivity index (χ1n) is 2.85. The smallest absolute Gasteiger partial charge is 0.103 e.